The Kier molecular flexibility index (Phi) is 7.15. The van der Waals surface area contributed by atoms with Crippen molar-refractivity contribution in [3.63, 3.8) is 0 Å². The number of nitrogen functional groups attached to an aromatic ring is 1. The minimum absolute atomic E-state index is 0.00549. The SMILES string of the molecule is CC(C)(C)N(C(=O)O)[C@H]1CCCC[C@H]1N.Nc1nc(-c2ccccc2)ns1. The van der Waals surface area contributed by atoms with Crippen LogP contribution in [-0.4, -0.2) is 43.1 Å². The number of amides is 1. The van der Waals surface area contributed by atoms with Crippen LogP contribution in [0.5, 0.6) is 0 Å². The van der Waals surface area contributed by atoms with Crippen LogP contribution in [0.15, 0.2) is 30.3 Å². The molecule has 5 N–H and O–H groups in total. The zero-order valence-electron chi connectivity index (χ0n) is 16.1. The van der Waals surface area contributed by atoms with Gasteiger partial charge in [0, 0.05) is 28.7 Å². The highest BCUT2D eigenvalue weighted by molar-refractivity contribution is 7.09. The summed E-state index contributed by atoms with van der Waals surface area (Å²) in [6.45, 7) is 5.76. The topological polar surface area (TPSA) is 118 Å². The summed E-state index contributed by atoms with van der Waals surface area (Å²) < 4.78 is 4.09. The van der Waals surface area contributed by atoms with Crippen molar-refractivity contribution >= 4 is 22.8 Å². The van der Waals surface area contributed by atoms with Crippen LogP contribution in [0.3, 0.4) is 0 Å². The molecule has 1 aliphatic rings. The molecule has 148 valence electrons. The summed E-state index contributed by atoms with van der Waals surface area (Å²) in [4.78, 5) is 16.9. The highest BCUT2D eigenvalue weighted by Crippen LogP contribution is 2.27. The fraction of sp³-hybridized carbons (Fsp3) is 0.526. The molecule has 0 aliphatic heterocycles. The standard InChI is InChI=1S/C11H22N2O2.C8H7N3S/c1-11(2,3)13(10(14)15)9-7-5-4-6-8(9)12;9-8-10-7(11-12-8)6-4-2-1-3-5-6/h8-9H,4-7,12H2,1-3H3,(H,14,15);1-5H,(H2,9,10,11)/t8-,9+;/m1./s1. The molecule has 1 aromatic heterocycles. The number of benzene rings is 1. The molecule has 2 aromatic rings. The van der Waals surface area contributed by atoms with Crippen molar-refractivity contribution in [3.05, 3.63) is 30.3 Å². The lowest BCUT2D eigenvalue weighted by molar-refractivity contribution is 0.0491. The van der Waals surface area contributed by atoms with E-state index in [-0.39, 0.29) is 17.6 Å². The second kappa shape index (κ2) is 9.14. The van der Waals surface area contributed by atoms with Gasteiger partial charge in [0.1, 0.15) is 0 Å². The largest absolute Gasteiger partial charge is 0.465 e. The second-order valence-corrected chi connectivity index (χ2v) is 8.44. The van der Waals surface area contributed by atoms with Crippen molar-refractivity contribution in [2.45, 2.75) is 64.1 Å². The van der Waals surface area contributed by atoms with Crippen molar-refractivity contribution in [2.75, 3.05) is 5.73 Å². The Morgan fingerprint density at radius 2 is 1.85 bits per heavy atom. The lowest BCUT2D eigenvalue weighted by Gasteiger charge is -2.44. The van der Waals surface area contributed by atoms with Crippen LogP contribution < -0.4 is 11.5 Å². The normalized spacial score (nSPS) is 19.7. The summed E-state index contributed by atoms with van der Waals surface area (Å²) in [7, 11) is 0. The van der Waals surface area contributed by atoms with Gasteiger partial charge in [-0.15, -0.1) is 0 Å². The van der Waals surface area contributed by atoms with Gasteiger partial charge >= 0.3 is 6.09 Å². The molecule has 0 saturated heterocycles. The van der Waals surface area contributed by atoms with E-state index < -0.39 is 6.09 Å². The predicted molar refractivity (Wildman–Crippen MR) is 110 cm³/mol. The van der Waals surface area contributed by atoms with Gasteiger partial charge in [-0.25, -0.2) is 4.79 Å². The molecule has 1 aliphatic carbocycles. The number of hydrogen-bond acceptors (Lipinski definition) is 6. The maximum Gasteiger partial charge on any atom is 0.408 e. The quantitative estimate of drug-likeness (QED) is 0.716. The van der Waals surface area contributed by atoms with Gasteiger partial charge in [0.15, 0.2) is 11.0 Å². The Morgan fingerprint density at radius 1 is 1.22 bits per heavy atom. The van der Waals surface area contributed by atoms with Crippen molar-refractivity contribution in [2.24, 2.45) is 5.73 Å². The monoisotopic (exact) mass is 391 g/mol. The van der Waals surface area contributed by atoms with Crippen molar-refractivity contribution in [3.8, 4) is 11.4 Å². The number of hydrogen-bond donors (Lipinski definition) is 3. The molecule has 7 nitrogen and oxygen atoms in total. The average molecular weight is 392 g/mol. The number of nitrogens with zero attached hydrogens (tertiary/aromatic N) is 3. The lowest BCUT2D eigenvalue weighted by atomic mass is 9.87. The first kappa shape index (κ1) is 21.1. The lowest BCUT2D eigenvalue weighted by Crippen LogP contribution is -2.58. The number of aromatic nitrogens is 2. The van der Waals surface area contributed by atoms with E-state index in [9.17, 15) is 9.90 Å². The van der Waals surface area contributed by atoms with Crippen LogP contribution >= 0.6 is 11.5 Å². The van der Waals surface area contributed by atoms with Crippen LogP contribution in [-0.2, 0) is 0 Å². The molecule has 1 saturated carbocycles. The van der Waals surface area contributed by atoms with Crippen LogP contribution in [0.25, 0.3) is 11.4 Å². The third-order valence-corrected chi connectivity index (χ3v) is 5.06. The van der Waals surface area contributed by atoms with Crippen molar-refractivity contribution in [1.29, 1.82) is 0 Å². The molecule has 2 atom stereocenters. The average Bonchev–Trinajstić information content (AvgIpc) is 3.03. The maximum atomic E-state index is 11.3. The van der Waals surface area contributed by atoms with Crippen LogP contribution in [0.2, 0.25) is 0 Å². The summed E-state index contributed by atoms with van der Waals surface area (Å²) in [5, 5.41) is 9.76. The van der Waals surface area contributed by atoms with Crippen molar-refractivity contribution in [1.82, 2.24) is 14.3 Å². The smallest absolute Gasteiger partial charge is 0.408 e. The molecule has 1 amide bonds. The zero-order valence-corrected chi connectivity index (χ0v) is 16.9. The summed E-state index contributed by atoms with van der Waals surface area (Å²) in [5.74, 6) is 0.707. The third-order valence-electron chi connectivity index (χ3n) is 4.52. The number of rotatable bonds is 2. The number of carboxylic acid groups (broad SMARTS) is 1. The van der Waals surface area contributed by atoms with E-state index in [0.717, 1.165) is 31.2 Å². The minimum atomic E-state index is -0.857. The van der Waals surface area contributed by atoms with Gasteiger partial charge in [-0.3, -0.25) is 4.90 Å². The van der Waals surface area contributed by atoms with E-state index in [1.165, 1.54) is 16.4 Å². The fourth-order valence-electron chi connectivity index (χ4n) is 3.33. The first-order valence-corrected chi connectivity index (χ1v) is 9.90. The first-order valence-electron chi connectivity index (χ1n) is 9.12. The van der Waals surface area contributed by atoms with Gasteiger partial charge in [0.2, 0.25) is 0 Å². The Labute approximate surface area is 164 Å². The molecular weight excluding hydrogens is 362 g/mol. The number of anilines is 1. The first-order chi connectivity index (χ1) is 12.7. The van der Waals surface area contributed by atoms with E-state index in [1.807, 2.05) is 51.1 Å². The van der Waals surface area contributed by atoms with Gasteiger partial charge in [-0.1, -0.05) is 43.2 Å². The van der Waals surface area contributed by atoms with E-state index in [0.29, 0.717) is 11.0 Å². The number of carbonyl (C=O) groups is 1. The van der Waals surface area contributed by atoms with Crippen molar-refractivity contribution < 1.29 is 9.90 Å². The van der Waals surface area contributed by atoms with E-state index in [2.05, 4.69) is 9.36 Å². The molecule has 1 heterocycles. The van der Waals surface area contributed by atoms with Gasteiger partial charge in [-0.2, -0.15) is 9.36 Å². The van der Waals surface area contributed by atoms with Crippen LogP contribution in [0.4, 0.5) is 9.93 Å². The Morgan fingerprint density at radius 3 is 2.33 bits per heavy atom. The van der Waals surface area contributed by atoms with Gasteiger partial charge < -0.3 is 16.6 Å². The Hall–Kier alpha value is -2.19. The molecule has 3 rings (SSSR count). The zero-order chi connectivity index (χ0) is 20.0. The molecule has 8 heteroatoms. The van der Waals surface area contributed by atoms with Crippen LogP contribution in [0, 0.1) is 0 Å². The predicted octanol–water partition coefficient (Wildman–Crippen LogP) is 3.82. The van der Waals surface area contributed by atoms with Crippen LogP contribution in [0.1, 0.15) is 46.5 Å². The summed E-state index contributed by atoms with van der Waals surface area (Å²) in [6.07, 6.45) is 3.17. The third kappa shape index (κ3) is 5.90. The van der Waals surface area contributed by atoms with E-state index in [4.69, 9.17) is 11.5 Å². The molecule has 1 aromatic carbocycles. The van der Waals surface area contributed by atoms with Gasteiger partial charge in [-0.05, 0) is 33.6 Å². The van der Waals surface area contributed by atoms with Gasteiger partial charge in [0.05, 0.1) is 6.04 Å². The Balaban J connectivity index is 0.000000198. The molecule has 0 radical (unpaired) electrons. The molecule has 1 fully saturated rings. The molecular formula is C19H29N5O2S. The van der Waals surface area contributed by atoms with Gasteiger partial charge in [0.25, 0.3) is 0 Å². The number of nitrogens with two attached hydrogens (primary N) is 2. The minimum Gasteiger partial charge on any atom is -0.465 e. The second-order valence-electron chi connectivity index (χ2n) is 7.66. The highest BCUT2D eigenvalue weighted by atomic mass is 32.1. The summed E-state index contributed by atoms with van der Waals surface area (Å²) in [6, 6.07) is 9.76. The summed E-state index contributed by atoms with van der Waals surface area (Å²) in [5.41, 5.74) is 12.1. The summed E-state index contributed by atoms with van der Waals surface area (Å²) >= 11 is 1.22. The molecule has 0 bridgehead atoms. The molecule has 0 unspecified atom stereocenters. The van der Waals surface area contributed by atoms with E-state index >= 15 is 0 Å². The highest BCUT2D eigenvalue weighted by Gasteiger charge is 2.37. The fourth-order valence-corrected chi connectivity index (χ4v) is 3.78. The maximum absolute atomic E-state index is 11.3. The molecule has 0 spiro atoms. The molecule has 27 heavy (non-hydrogen) atoms. The van der Waals surface area contributed by atoms with E-state index in [1.54, 1.807) is 0 Å². The Bertz CT molecular complexity index is 729.